The first-order valence-corrected chi connectivity index (χ1v) is 7.91. The Kier molecular flexibility index (Phi) is 5.80. The highest BCUT2D eigenvalue weighted by Gasteiger charge is 2.18. The van der Waals surface area contributed by atoms with Crippen LogP contribution in [0.5, 0.6) is 0 Å². The van der Waals surface area contributed by atoms with Crippen molar-refractivity contribution in [3.05, 3.63) is 41.1 Å². The third-order valence-corrected chi connectivity index (χ3v) is 3.32. The van der Waals surface area contributed by atoms with Gasteiger partial charge in [-0.05, 0) is 19.2 Å². The molecule has 1 N–H and O–H groups in total. The lowest BCUT2D eigenvalue weighted by molar-refractivity contribution is 0.0518. The van der Waals surface area contributed by atoms with Gasteiger partial charge in [0, 0.05) is 18.2 Å². The van der Waals surface area contributed by atoms with Crippen LogP contribution in [0.2, 0.25) is 0 Å². The van der Waals surface area contributed by atoms with Gasteiger partial charge in [-0.3, -0.25) is 0 Å². The molecule has 23 heavy (non-hydrogen) atoms. The van der Waals surface area contributed by atoms with Crippen LogP contribution >= 0.6 is 11.8 Å². The average Bonchev–Trinajstić information content (AvgIpc) is 2.54. The maximum Gasteiger partial charge on any atom is 0.362 e. The van der Waals surface area contributed by atoms with E-state index in [0.29, 0.717) is 5.16 Å². The Morgan fingerprint density at radius 2 is 2.13 bits per heavy atom. The summed E-state index contributed by atoms with van der Waals surface area (Å²) in [4.78, 5) is 16.0. The van der Waals surface area contributed by atoms with Gasteiger partial charge in [-0.25, -0.2) is 18.6 Å². The van der Waals surface area contributed by atoms with Gasteiger partial charge in [0.2, 0.25) is 10.9 Å². The summed E-state index contributed by atoms with van der Waals surface area (Å²) in [6, 6.07) is 3.25. The quantitative estimate of drug-likeness (QED) is 0.640. The normalized spacial score (nSPS) is 10.4. The van der Waals surface area contributed by atoms with Crippen molar-refractivity contribution in [2.45, 2.75) is 18.6 Å². The minimum atomic E-state index is -0.692. The molecule has 1 aromatic carbocycles. The number of hydrogen-bond acceptors (Lipinski definition) is 7. The van der Waals surface area contributed by atoms with Crippen LogP contribution in [0.3, 0.4) is 0 Å². The molecule has 2 aromatic rings. The molecule has 0 amide bonds. The van der Waals surface area contributed by atoms with Crippen LogP contribution in [0.1, 0.15) is 23.0 Å². The zero-order valence-electron chi connectivity index (χ0n) is 12.5. The molecule has 0 aliphatic heterocycles. The first kappa shape index (κ1) is 17.1. The van der Waals surface area contributed by atoms with Crippen molar-refractivity contribution in [2.24, 2.45) is 0 Å². The Morgan fingerprint density at radius 3 is 2.78 bits per heavy atom. The molecule has 0 fully saturated rings. The maximum absolute atomic E-state index is 13.7. The molecule has 0 radical (unpaired) electrons. The molecular weight excluding hydrogens is 326 g/mol. The molecule has 6 nitrogen and oxygen atoms in total. The Labute approximate surface area is 135 Å². The lowest BCUT2D eigenvalue weighted by atomic mass is 10.2. The van der Waals surface area contributed by atoms with E-state index in [9.17, 15) is 13.6 Å². The maximum atomic E-state index is 13.7. The molecule has 0 atom stereocenters. The Bertz CT molecular complexity index is 715. The average molecular weight is 340 g/mol. The molecule has 1 aromatic heterocycles. The van der Waals surface area contributed by atoms with Crippen LogP contribution in [0.4, 0.5) is 14.6 Å². The van der Waals surface area contributed by atoms with E-state index in [1.54, 1.807) is 13.2 Å². The standard InChI is InChI=1S/C14H14F2N4O2S/c1-3-22-13(21)11-12(18-14(23-2)20-19-11)17-7-8-4-5-9(15)6-10(8)16/h4-6H,3,7H2,1-2H3,(H,17,18,20). The Hall–Kier alpha value is -2.29. The van der Waals surface area contributed by atoms with E-state index in [1.165, 1.54) is 17.8 Å². The lowest BCUT2D eigenvalue weighted by Gasteiger charge is -2.10. The topological polar surface area (TPSA) is 77.0 Å². The minimum absolute atomic E-state index is 0.00499. The minimum Gasteiger partial charge on any atom is -0.461 e. The van der Waals surface area contributed by atoms with E-state index < -0.39 is 17.6 Å². The number of nitrogens with one attached hydrogen (secondary N) is 1. The smallest absolute Gasteiger partial charge is 0.362 e. The highest BCUT2D eigenvalue weighted by Crippen LogP contribution is 2.17. The van der Waals surface area contributed by atoms with Gasteiger partial charge < -0.3 is 10.1 Å². The molecule has 2 rings (SSSR count). The van der Waals surface area contributed by atoms with Gasteiger partial charge in [0.1, 0.15) is 11.6 Å². The number of halogens is 2. The molecule has 0 saturated carbocycles. The summed E-state index contributed by atoms with van der Waals surface area (Å²) in [5.74, 6) is -1.90. The van der Waals surface area contributed by atoms with E-state index in [4.69, 9.17) is 4.74 Å². The summed E-state index contributed by atoms with van der Waals surface area (Å²) in [6.45, 7) is 1.85. The van der Waals surface area contributed by atoms with Gasteiger partial charge >= 0.3 is 5.97 Å². The van der Waals surface area contributed by atoms with Crippen LogP contribution in [-0.4, -0.2) is 34.0 Å². The second-order valence-electron chi connectivity index (χ2n) is 4.31. The van der Waals surface area contributed by atoms with Gasteiger partial charge in [-0.2, -0.15) is 0 Å². The SMILES string of the molecule is CCOC(=O)c1nnc(SC)nc1NCc1ccc(F)cc1F. The summed E-state index contributed by atoms with van der Waals surface area (Å²) in [5, 5.41) is 10.7. The van der Waals surface area contributed by atoms with Gasteiger partial charge in [-0.1, -0.05) is 17.8 Å². The molecule has 9 heteroatoms. The van der Waals surface area contributed by atoms with Gasteiger partial charge in [0.15, 0.2) is 5.82 Å². The van der Waals surface area contributed by atoms with E-state index in [-0.39, 0.29) is 30.2 Å². The van der Waals surface area contributed by atoms with E-state index >= 15 is 0 Å². The first-order valence-electron chi connectivity index (χ1n) is 6.68. The summed E-state index contributed by atoms with van der Waals surface area (Å²) >= 11 is 1.24. The molecule has 1 heterocycles. The second-order valence-corrected chi connectivity index (χ2v) is 5.08. The fraction of sp³-hybridized carbons (Fsp3) is 0.286. The van der Waals surface area contributed by atoms with Gasteiger partial charge in [0.05, 0.1) is 6.61 Å². The van der Waals surface area contributed by atoms with E-state index in [2.05, 4.69) is 20.5 Å². The third-order valence-electron chi connectivity index (χ3n) is 2.78. The van der Waals surface area contributed by atoms with Crippen molar-refractivity contribution in [2.75, 3.05) is 18.2 Å². The zero-order valence-corrected chi connectivity index (χ0v) is 13.3. The number of nitrogens with zero attached hydrogens (tertiary/aromatic N) is 3. The number of hydrogen-bond donors (Lipinski definition) is 1. The molecule has 0 spiro atoms. The van der Waals surface area contributed by atoms with Crippen LogP contribution in [0.15, 0.2) is 23.4 Å². The Morgan fingerprint density at radius 1 is 1.35 bits per heavy atom. The predicted molar refractivity (Wildman–Crippen MR) is 81.2 cm³/mol. The summed E-state index contributed by atoms with van der Waals surface area (Å²) in [7, 11) is 0. The molecule has 0 bridgehead atoms. The molecular formula is C14H14F2N4O2S. The Balaban J connectivity index is 2.24. The van der Waals surface area contributed by atoms with Gasteiger partial charge in [-0.15, -0.1) is 10.2 Å². The highest BCUT2D eigenvalue weighted by molar-refractivity contribution is 7.98. The van der Waals surface area contributed by atoms with Crippen molar-refractivity contribution in [3.63, 3.8) is 0 Å². The zero-order chi connectivity index (χ0) is 16.8. The third kappa shape index (κ3) is 4.35. The summed E-state index contributed by atoms with van der Waals surface area (Å²) in [6.07, 6.45) is 1.75. The van der Waals surface area contributed by atoms with Crippen molar-refractivity contribution in [1.82, 2.24) is 15.2 Å². The lowest BCUT2D eigenvalue weighted by Crippen LogP contribution is -2.15. The number of benzene rings is 1. The number of esters is 1. The van der Waals surface area contributed by atoms with Crippen molar-refractivity contribution < 1.29 is 18.3 Å². The molecule has 0 aliphatic rings. The second kappa shape index (κ2) is 7.82. The number of anilines is 1. The van der Waals surface area contributed by atoms with Gasteiger partial charge in [0.25, 0.3) is 0 Å². The number of aromatic nitrogens is 3. The number of carbonyl (C=O) groups excluding carboxylic acids is 1. The van der Waals surface area contributed by atoms with Crippen LogP contribution in [-0.2, 0) is 11.3 Å². The van der Waals surface area contributed by atoms with Crippen LogP contribution in [0, 0.1) is 11.6 Å². The predicted octanol–water partition coefficient (Wildman–Crippen LogP) is 2.66. The molecule has 0 unspecified atom stereocenters. The van der Waals surface area contributed by atoms with Crippen molar-refractivity contribution in [1.29, 1.82) is 0 Å². The number of carbonyl (C=O) groups is 1. The first-order chi connectivity index (χ1) is 11.0. The highest BCUT2D eigenvalue weighted by atomic mass is 32.2. The molecule has 0 saturated heterocycles. The van der Waals surface area contributed by atoms with E-state index in [1.807, 2.05) is 0 Å². The van der Waals surface area contributed by atoms with Crippen LogP contribution in [0.25, 0.3) is 0 Å². The largest absolute Gasteiger partial charge is 0.461 e. The monoisotopic (exact) mass is 340 g/mol. The van der Waals surface area contributed by atoms with Crippen molar-refractivity contribution >= 4 is 23.5 Å². The summed E-state index contributed by atoms with van der Waals surface area (Å²) < 4.78 is 31.4. The number of ether oxygens (including phenoxy) is 1. The summed E-state index contributed by atoms with van der Waals surface area (Å²) in [5.41, 5.74) is 0.137. The number of rotatable bonds is 6. The molecule has 0 aliphatic carbocycles. The number of thioether (sulfide) groups is 1. The van der Waals surface area contributed by atoms with E-state index in [0.717, 1.165) is 12.1 Å². The van der Waals surface area contributed by atoms with Crippen LogP contribution < -0.4 is 5.32 Å². The fourth-order valence-electron chi connectivity index (χ4n) is 1.70. The molecule has 122 valence electrons. The van der Waals surface area contributed by atoms with Crippen molar-refractivity contribution in [3.8, 4) is 0 Å². The fourth-order valence-corrected chi connectivity index (χ4v) is 2.01.